The van der Waals surface area contributed by atoms with Crippen LogP contribution in [0.3, 0.4) is 0 Å². The zero-order valence-electron chi connectivity index (χ0n) is 6.55. The normalized spacial score (nSPS) is 10.1. The number of aryl methyl sites for hydroxylation is 1. The van der Waals surface area contributed by atoms with E-state index in [-0.39, 0.29) is 0 Å². The van der Waals surface area contributed by atoms with Gasteiger partial charge >= 0.3 is 0 Å². The van der Waals surface area contributed by atoms with Crippen molar-refractivity contribution in [2.24, 2.45) is 7.05 Å². The first-order chi connectivity index (χ1) is 5.88. The molecule has 2 rings (SSSR count). The number of rotatable bonds is 1. The van der Waals surface area contributed by atoms with Crippen molar-refractivity contribution in [1.29, 1.82) is 0 Å². The summed E-state index contributed by atoms with van der Waals surface area (Å²) in [5.74, 6) is 0.725. The largest absolute Gasteiger partial charge is 0.261 e. The summed E-state index contributed by atoms with van der Waals surface area (Å²) in [7, 11) is 1.82. The molecule has 0 aliphatic heterocycles. The zero-order chi connectivity index (χ0) is 8.39. The van der Waals surface area contributed by atoms with E-state index in [1.54, 1.807) is 23.3 Å². The van der Waals surface area contributed by atoms with Crippen LogP contribution in [-0.2, 0) is 7.05 Å². The van der Waals surface area contributed by atoms with Gasteiger partial charge < -0.3 is 0 Å². The lowest BCUT2D eigenvalue weighted by Crippen LogP contribution is -1.96. The van der Waals surface area contributed by atoms with Crippen molar-refractivity contribution in [3.8, 4) is 11.5 Å². The van der Waals surface area contributed by atoms with Crippen LogP contribution in [0.15, 0.2) is 24.9 Å². The average Bonchev–Trinajstić information content (AvgIpc) is 2.53. The second-order valence-electron chi connectivity index (χ2n) is 2.30. The summed E-state index contributed by atoms with van der Waals surface area (Å²) < 4.78 is 1.66. The molecule has 5 heteroatoms. The first-order valence-electron chi connectivity index (χ1n) is 3.48. The van der Waals surface area contributed by atoms with Gasteiger partial charge in [0.15, 0.2) is 5.82 Å². The molecule has 60 valence electrons. The molecule has 0 saturated carbocycles. The van der Waals surface area contributed by atoms with E-state index >= 15 is 0 Å². The first kappa shape index (κ1) is 6.90. The van der Waals surface area contributed by atoms with E-state index in [4.69, 9.17) is 0 Å². The van der Waals surface area contributed by atoms with Crippen LogP contribution in [0.25, 0.3) is 11.5 Å². The van der Waals surface area contributed by atoms with Crippen molar-refractivity contribution < 1.29 is 0 Å². The number of aromatic nitrogens is 5. The topological polar surface area (TPSA) is 56.5 Å². The first-order valence-corrected chi connectivity index (χ1v) is 3.48. The Morgan fingerprint density at radius 1 is 1.25 bits per heavy atom. The molecule has 0 radical (unpaired) electrons. The van der Waals surface area contributed by atoms with Gasteiger partial charge in [0.25, 0.3) is 0 Å². The smallest absolute Gasteiger partial charge is 0.178 e. The molecule has 0 aliphatic carbocycles. The minimum absolute atomic E-state index is 0.725. The Balaban J connectivity index is 2.51. The molecule has 0 unspecified atom stereocenters. The molecule has 0 spiro atoms. The zero-order valence-corrected chi connectivity index (χ0v) is 6.55. The van der Waals surface area contributed by atoms with Gasteiger partial charge in [-0.1, -0.05) is 0 Å². The standard InChI is InChI=1S/C7H7N5/c1-12-7(10-5-11-12)6-4-8-2-3-9-6/h2-5H,1H3. The van der Waals surface area contributed by atoms with Crippen molar-refractivity contribution in [3.05, 3.63) is 24.9 Å². The Kier molecular flexibility index (Phi) is 1.55. The third kappa shape index (κ3) is 1.05. The van der Waals surface area contributed by atoms with E-state index in [0.717, 1.165) is 11.5 Å². The summed E-state index contributed by atoms with van der Waals surface area (Å²) >= 11 is 0. The Morgan fingerprint density at radius 3 is 2.75 bits per heavy atom. The van der Waals surface area contributed by atoms with Gasteiger partial charge in [-0.2, -0.15) is 5.10 Å². The van der Waals surface area contributed by atoms with Gasteiger partial charge in [-0.05, 0) is 0 Å². The molecule has 5 nitrogen and oxygen atoms in total. The van der Waals surface area contributed by atoms with Crippen LogP contribution in [0.5, 0.6) is 0 Å². The van der Waals surface area contributed by atoms with E-state index in [0.29, 0.717) is 0 Å². The number of hydrogen-bond acceptors (Lipinski definition) is 4. The molecule has 0 aromatic carbocycles. The quantitative estimate of drug-likeness (QED) is 0.602. The predicted octanol–water partition coefficient (Wildman–Crippen LogP) is 0.272. The molecule has 0 aliphatic rings. The summed E-state index contributed by atoms with van der Waals surface area (Å²) in [6.07, 6.45) is 6.40. The molecular weight excluding hydrogens is 154 g/mol. The SMILES string of the molecule is Cn1ncnc1-c1cnccn1. The molecule has 2 heterocycles. The van der Waals surface area contributed by atoms with Gasteiger partial charge in [0.05, 0.1) is 6.20 Å². The van der Waals surface area contributed by atoms with Gasteiger partial charge in [-0.3, -0.25) is 4.98 Å². The van der Waals surface area contributed by atoms with Crippen LogP contribution in [-0.4, -0.2) is 24.7 Å². The number of nitrogens with zero attached hydrogens (tertiary/aromatic N) is 5. The fourth-order valence-electron chi connectivity index (χ4n) is 0.943. The Morgan fingerprint density at radius 2 is 2.17 bits per heavy atom. The molecule has 0 amide bonds. The lowest BCUT2D eigenvalue weighted by atomic mass is 10.4. The van der Waals surface area contributed by atoms with Crippen LogP contribution >= 0.6 is 0 Å². The molecule has 0 atom stereocenters. The minimum atomic E-state index is 0.725. The number of hydrogen-bond donors (Lipinski definition) is 0. The third-order valence-electron chi connectivity index (χ3n) is 1.50. The van der Waals surface area contributed by atoms with Crippen LogP contribution in [0, 0.1) is 0 Å². The van der Waals surface area contributed by atoms with E-state index < -0.39 is 0 Å². The van der Waals surface area contributed by atoms with Gasteiger partial charge in [0.1, 0.15) is 12.0 Å². The molecule has 0 fully saturated rings. The maximum absolute atomic E-state index is 4.10. The Labute approximate surface area is 69.1 Å². The van der Waals surface area contributed by atoms with Gasteiger partial charge in [0.2, 0.25) is 0 Å². The van der Waals surface area contributed by atoms with Gasteiger partial charge in [-0.15, -0.1) is 0 Å². The molecule has 12 heavy (non-hydrogen) atoms. The van der Waals surface area contributed by atoms with Crippen molar-refractivity contribution in [1.82, 2.24) is 24.7 Å². The summed E-state index contributed by atoms with van der Waals surface area (Å²) in [5.41, 5.74) is 0.734. The maximum atomic E-state index is 4.10. The summed E-state index contributed by atoms with van der Waals surface area (Å²) in [5, 5.41) is 3.93. The van der Waals surface area contributed by atoms with Gasteiger partial charge in [-0.25, -0.2) is 14.6 Å². The van der Waals surface area contributed by atoms with Crippen molar-refractivity contribution in [3.63, 3.8) is 0 Å². The van der Waals surface area contributed by atoms with E-state index in [1.807, 2.05) is 7.05 Å². The van der Waals surface area contributed by atoms with Gasteiger partial charge in [0, 0.05) is 19.4 Å². The molecular formula is C7H7N5. The van der Waals surface area contributed by atoms with Crippen molar-refractivity contribution >= 4 is 0 Å². The predicted molar refractivity (Wildman–Crippen MR) is 42.0 cm³/mol. The van der Waals surface area contributed by atoms with E-state index in [2.05, 4.69) is 20.1 Å². The molecule has 2 aromatic rings. The Hall–Kier alpha value is -1.78. The highest BCUT2D eigenvalue weighted by Crippen LogP contribution is 2.08. The molecule has 0 N–H and O–H groups in total. The highest BCUT2D eigenvalue weighted by molar-refractivity contribution is 5.46. The lowest BCUT2D eigenvalue weighted by Gasteiger charge is -1.96. The highest BCUT2D eigenvalue weighted by atomic mass is 15.3. The molecule has 0 bridgehead atoms. The monoisotopic (exact) mass is 161 g/mol. The maximum Gasteiger partial charge on any atom is 0.178 e. The highest BCUT2D eigenvalue weighted by Gasteiger charge is 2.03. The molecule has 2 aromatic heterocycles. The molecule has 0 saturated heterocycles. The van der Waals surface area contributed by atoms with Crippen LogP contribution < -0.4 is 0 Å². The lowest BCUT2D eigenvalue weighted by molar-refractivity contribution is 0.771. The Bertz CT molecular complexity index is 366. The fraction of sp³-hybridized carbons (Fsp3) is 0.143. The summed E-state index contributed by atoms with van der Waals surface area (Å²) in [6.45, 7) is 0. The van der Waals surface area contributed by atoms with Crippen LogP contribution in [0.2, 0.25) is 0 Å². The average molecular weight is 161 g/mol. The van der Waals surface area contributed by atoms with E-state index in [9.17, 15) is 0 Å². The van der Waals surface area contributed by atoms with Crippen LogP contribution in [0.1, 0.15) is 0 Å². The fourth-order valence-corrected chi connectivity index (χ4v) is 0.943. The minimum Gasteiger partial charge on any atom is -0.261 e. The second-order valence-corrected chi connectivity index (χ2v) is 2.30. The summed E-state index contributed by atoms with van der Waals surface area (Å²) in [4.78, 5) is 12.1. The van der Waals surface area contributed by atoms with Crippen molar-refractivity contribution in [2.75, 3.05) is 0 Å². The van der Waals surface area contributed by atoms with Crippen molar-refractivity contribution in [2.45, 2.75) is 0 Å². The third-order valence-corrected chi connectivity index (χ3v) is 1.50. The second kappa shape index (κ2) is 2.69. The van der Waals surface area contributed by atoms with Crippen LogP contribution in [0.4, 0.5) is 0 Å². The van der Waals surface area contributed by atoms with E-state index in [1.165, 1.54) is 6.33 Å². The summed E-state index contributed by atoms with van der Waals surface area (Å²) in [6, 6.07) is 0.